The molecule has 6 rings (SSSR count). The van der Waals surface area contributed by atoms with Crippen LogP contribution in [0.5, 0.6) is 0 Å². The van der Waals surface area contributed by atoms with Crippen LogP contribution in [0.4, 0.5) is 22.0 Å². The van der Waals surface area contributed by atoms with E-state index in [1.54, 1.807) is 6.20 Å². The second-order valence-corrected chi connectivity index (χ2v) is 8.88. The third-order valence-corrected chi connectivity index (χ3v) is 6.13. The van der Waals surface area contributed by atoms with Gasteiger partial charge in [-0.1, -0.05) is 18.8 Å². The largest absolute Gasteiger partial charge is 2.00 e. The number of nitrogens with one attached hydrogen (secondary N) is 2. The zero-order valence-electron chi connectivity index (χ0n) is 21.3. The molecule has 0 unspecified atom stereocenters. The van der Waals surface area contributed by atoms with Gasteiger partial charge in [-0.3, -0.25) is 0 Å². The molecule has 0 saturated carbocycles. The minimum absolute atomic E-state index is 0. The monoisotopic (exact) mass is 730 g/mol. The first-order valence-electron chi connectivity index (χ1n) is 12.1. The zero-order valence-corrected chi connectivity index (χ0v) is 25.5. The summed E-state index contributed by atoms with van der Waals surface area (Å²) in [6, 6.07) is 21.2. The fraction of sp³-hybridized carbons (Fsp3) is 0.214. The van der Waals surface area contributed by atoms with Gasteiger partial charge in [-0.05, 0) is 25.2 Å². The smallest absolute Gasteiger partial charge is 0.414 e. The van der Waals surface area contributed by atoms with Crippen LogP contribution < -0.4 is 10.6 Å². The maximum Gasteiger partial charge on any atom is 2.00 e. The molecule has 38 heavy (non-hydrogen) atoms. The van der Waals surface area contributed by atoms with Crippen molar-refractivity contribution in [2.45, 2.75) is 6.92 Å². The molecule has 0 atom stereocenters. The molecule has 190 valence electrons. The van der Waals surface area contributed by atoms with Gasteiger partial charge in [-0.25, -0.2) is 14.8 Å². The van der Waals surface area contributed by atoms with E-state index in [0.717, 1.165) is 59.7 Å². The summed E-state index contributed by atoms with van der Waals surface area (Å²) in [4.78, 5) is 29.4. The van der Waals surface area contributed by atoms with Crippen molar-refractivity contribution in [2.24, 2.45) is 0 Å². The number of carbonyl (C=O) groups is 1. The van der Waals surface area contributed by atoms with Crippen LogP contribution in [0.2, 0.25) is 0 Å². The number of pyridine rings is 1. The van der Waals surface area contributed by atoms with Crippen molar-refractivity contribution < 1.29 is 35.9 Å². The van der Waals surface area contributed by atoms with E-state index in [9.17, 15) is 4.79 Å². The summed E-state index contributed by atoms with van der Waals surface area (Å²) in [5.74, 6) is 0.700. The molecule has 0 radical (unpaired) electrons. The fourth-order valence-electron chi connectivity index (χ4n) is 4.05. The molecule has 1 saturated heterocycles. The number of aromatic nitrogens is 4. The standard InChI is InChI=1S/C21H23N6O.C7H5N2.U/c1-15-4-3-5-16(12-15)24-20-18-13-17(6-7-19(18)22-14-23-20)25-21(28)27-10-8-26(2)9-11-27;1-2-5-9-6-4-8-7(9)3-1;/h3,5-7,12-14H,8-11H2,1-2H3,(H,25,28)(H,22,23,24);2-6H;/q2*-1;+2. The molecule has 2 aromatic carbocycles. The molecule has 1 aliphatic rings. The van der Waals surface area contributed by atoms with Crippen LogP contribution in [0.1, 0.15) is 5.56 Å². The molecule has 9 nitrogen and oxygen atoms in total. The summed E-state index contributed by atoms with van der Waals surface area (Å²) in [6.45, 7) is 5.24. The summed E-state index contributed by atoms with van der Waals surface area (Å²) < 4.78 is 1.94. The maximum absolute atomic E-state index is 12.6. The quantitative estimate of drug-likeness (QED) is 0.268. The van der Waals surface area contributed by atoms with Gasteiger partial charge in [0.2, 0.25) is 0 Å². The minimum Gasteiger partial charge on any atom is -0.414 e. The predicted molar refractivity (Wildman–Crippen MR) is 145 cm³/mol. The number of aryl methyl sites for hydroxylation is 1. The molecule has 1 fully saturated rings. The van der Waals surface area contributed by atoms with E-state index >= 15 is 0 Å². The second kappa shape index (κ2) is 12.9. The molecule has 5 aromatic rings. The first kappa shape index (κ1) is 27.6. The number of anilines is 3. The molecule has 0 bridgehead atoms. The second-order valence-electron chi connectivity index (χ2n) is 8.88. The van der Waals surface area contributed by atoms with E-state index in [1.807, 2.05) is 77.1 Å². The zero-order chi connectivity index (χ0) is 25.6. The van der Waals surface area contributed by atoms with Gasteiger partial charge in [0.15, 0.2) is 0 Å². The SMILES string of the molecule is Cc1[c-]ccc(Nc2ncnc3ccc(NC(=O)N4CCN(C)CC4)cc23)c1.[U+2].[c-]1ccn2ccnc2c1. The molecular formula is C28H28N8OU. The molecular weight excluding hydrogens is 702 g/mol. The van der Waals surface area contributed by atoms with Crippen molar-refractivity contribution in [3.05, 3.63) is 91.1 Å². The summed E-state index contributed by atoms with van der Waals surface area (Å²) in [5.41, 5.74) is 4.46. The van der Waals surface area contributed by atoms with Crippen molar-refractivity contribution in [1.82, 2.24) is 29.2 Å². The summed E-state index contributed by atoms with van der Waals surface area (Å²) in [6.07, 6.45) is 7.13. The van der Waals surface area contributed by atoms with Crippen molar-refractivity contribution in [2.75, 3.05) is 43.9 Å². The third-order valence-electron chi connectivity index (χ3n) is 6.13. The third kappa shape index (κ3) is 6.90. The number of likely N-dealkylation sites (N-methyl/N-ethyl adjacent to an activating group) is 1. The molecule has 3 aromatic heterocycles. The van der Waals surface area contributed by atoms with E-state index in [-0.39, 0.29) is 37.1 Å². The van der Waals surface area contributed by atoms with E-state index in [2.05, 4.69) is 49.7 Å². The van der Waals surface area contributed by atoms with Gasteiger partial charge >= 0.3 is 37.1 Å². The number of hydrogen-bond acceptors (Lipinski definition) is 6. The maximum atomic E-state index is 12.6. The molecule has 4 heterocycles. The predicted octanol–water partition coefficient (Wildman–Crippen LogP) is 4.40. The van der Waals surface area contributed by atoms with Gasteiger partial charge in [-0.2, -0.15) is 29.8 Å². The number of piperazine rings is 1. The average molecular weight is 731 g/mol. The van der Waals surface area contributed by atoms with E-state index in [4.69, 9.17) is 0 Å². The Morgan fingerprint density at radius 3 is 2.61 bits per heavy atom. The number of nitrogens with zero attached hydrogens (tertiary/aromatic N) is 6. The Labute approximate surface area is 245 Å². The number of imidazole rings is 1. The van der Waals surface area contributed by atoms with Gasteiger partial charge in [0.25, 0.3) is 0 Å². The van der Waals surface area contributed by atoms with E-state index in [0.29, 0.717) is 5.82 Å². The molecule has 2 amide bonds. The van der Waals surface area contributed by atoms with Gasteiger partial charge < -0.3 is 29.8 Å². The summed E-state index contributed by atoms with van der Waals surface area (Å²) >= 11 is 0. The first-order valence-corrected chi connectivity index (χ1v) is 12.1. The fourth-order valence-corrected chi connectivity index (χ4v) is 4.05. The summed E-state index contributed by atoms with van der Waals surface area (Å²) in [5, 5.41) is 7.19. The van der Waals surface area contributed by atoms with Crippen LogP contribution >= 0.6 is 0 Å². The Hall–Kier alpha value is -3.45. The normalized spacial score (nSPS) is 13.4. The van der Waals surface area contributed by atoms with Crippen LogP contribution in [-0.4, -0.2) is 68.4 Å². The number of hydrogen-bond donors (Lipinski definition) is 2. The molecule has 0 aliphatic carbocycles. The molecule has 10 heteroatoms. The molecule has 0 spiro atoms. The number of carbonyl (C=O) groups excluding carboxylic acids is 1. The van der Waals surface area contributed by atoms with Crippen LogP contribution in [-0.2, 0) is 0 Å². The van der Waals surface area contributed by atoms with Crippen molar-refractivity contribution in [3.63, 3.8) is 0 Å². The topological polar surface area (TPSA) is 90.7 Å². The first-order chi connectivity index (χ1) is 18.0. The Balaban J connectivity index is 0.000000282. The van der Waals surface area contributed by atoms with Crippen molar-refractivity contribution >= 4 is 39.8 Å². The Kier molecular flexibility index (Phi) is 9.34. The van der Waals surface area contributed by atoms with Gasteiger partial charge in [0.05, 0.1) is 5.52 Å². The van der Waals surface area contributed by atoms with Crippen LogP contribution in [0.25, 0.3) is 16.6 Å². The number of benzene rings is 2. The van der Waals surface area contributed by atoms with E-state index < -0.39 is 0 Å². The summed E-state index contributed by atoms with van der Waals surface area (Å²) in [7, 11) is 2.07. The van der Waals surface area contributed by atoms with Gasteiger partial charge in [0.1, 0.15) is 12.1 Å². The van der Waals surface area contributed by atoms with Crippen LogP contribution in [0.3, 0.4) is 0 Å². The Bertz CT molecular complexity index is 1480. The Morgan fingerprint density at radius 1 is 0.974 bits per heavy atom. The van der Waals surface area contributed by atoms with E-state index in [1.165, 1.54) is 6.33 Å². The number of amides is 2. The minimum atomic E-state index is -0.0759. The van der Waals surface area contributed by atoms with Gasteiger partial charge in [0, 0.05) is 55.3 Å². The molecule has 1 aliphatic heterocycles. The van der Waals surface area contributed by atoms with Crippen molar-refractivity contribution in [1.29, 1.82) is 0 Å². The van der Waals surface area contributed by atoms with Crippen LogP contribution in [0.15, 0.2) is 73.4 Å². The number of urea groups is 1. The average Bonchev–Trinajstić information content (AvgIpc) is 3.39. The molecule has 2 N–H and O–H groups in total. The van der Waals surface area contributed by atoms with Crippen molar-refractivity contribution in [3.8, 4) is 0 Å². The Morgan fingerprint density at radius 2 is 1.82 bits per heavy atom. The number of rotatable bonds is 3. The number of fused-ring (bicyclic) bond motifs is 2. The van der Waals surface area contributed by atoms with Crippen LogP contribution in [0, 0.1) is 50.2 Å². The van der Waals surface area contributed by atoms with Gasteiger partial charge in [-0.15, -0.1) is 18.2 Å².